The van der Waals surface area contributed by atoms with Gasteiger partial charge in [0.05, 0.1) is 18.0 Å². The van der Waals surface area contributed by atoms with E-state index in [4.69, 9.17) is 5.53 Å². The Bertz CT molecular complexity index is 344. The predicted molar refractivity (Wildman–Crippen MR) is 48.4 cm³/mol. The van der Waals surface area contributed by atoms with Crippen LogP contribution in [-0.2, 0) is 0 Å². The summed E-state index contributed by atoms with van der Waals surface area (Å²) in [5, 5.41) is 12.9. The summed E-state index contributed by atoms with van der Waals surface area (Å²) in [5.41, 5.74) is 8.41. The molecule has 0 atom stereocenters. The molecule has 0 fully saturated rings. The highest BCUT2D eigenvalue weighted by Gasteiger charge is 2.02. The second kappa shape index (κ2) is 5.50. The summed E-state index contributed by atoms with van der Waals surface area (Å²) in [7, 11) is 0. The molecule has 0 aliphatic carbocycles. The van der Waals surface area contributed by atoms with Crippen LogP contribution in [0.3, 0.4) is 0 Å². The summed E-state index contributed by atoms with van der Waals surface area (Å²) in [4.78, 5) is 13.9. The highest BCUT2D eigenvalue weighted by atomic mass is 16.1. The first-order valence-electron chi connectivity index (χ1n) is 3.90. The fraction of sp³-hybridized carbons (Fsp3) is 0.286. The predicted octanol–water partition coefficient (Wildman–Crippen LogP) is 0.517. The van der Waals surface area contributed by atoms with Gasteiger partial charge in [-0.3, -0.25) is 4.79 Å². The number of amides is 1. The van der Waals surface area contributed by atoms with Gasteiger partial charge in [0.1, 0.15) is 0 Å². The smallest absolute Gasteiger partial charge is 0.252 e. The molecule has 0 aliphatic heterocycles. The van der Waals surface area contributed by atoms with Crippen LogP contribution in [0.1, 0.15) is 10.4 Å². The Hall–Kier alpha value is -2.14. The molecule has 1 aromatic rings. The zero-order valence-corrected chi connectivity index (χ0v) is 7.29. The minimum atomic E-state index is -0.256. The Morgan fingerprint density at radius 1 is 1.64 bits per heavy atom. The van der Waals surface area contributed by atoms with Crippen molar-refractivity contribution in [3.8, 4) is 0 Å². The monoisotopic (exact) mass is 192 g/mol. The van der Waals surface area contributed by atoms with Crippen molar-refractivity contribution in [1.82, 2.24) is 15.5 Å². The lowest BCUT2D eigenvalue weighted by Gasteiger charge is -2.00. The van der Waals surface area contributed by atoms with E-state index in [0.29, 0.717) is 12.1 Å². The third kappa shape index (κ3) is 3.08. The highest BCUT2D eigenvalue weighted by Crippen LogP contribution is 1.92. The van der Waals surface area contributed by atoms with Crippen LogP contribution >= 0.6 is 0 Å². The summed E-state index contributed by atoms with van der Waals surface area (Å²) in [6.07, 6.45) is 2.80. The Kier molecular flexibility index (Phi) is 3.90. The van der Waals surface area contributed by atoms with Crippen LogP contribution < -0.4 is 5.32 Å². The van der Waals surface area contributed by atoms with Gasteiger partial charge in [-0.25, -0.2) is 0 Å². The van der Waals surface area contributed by atoms with E-state index in [1.807, 2.05) is 0 Å². The summed E-state index contributed by atoms with van der Waals surface area (Å²) in [6.45, 7) is 0.548. The molecule has 7 nitrogen and oxygen atoms in total. The molecule has 14 heavy (non-hydrogen) atoms. The zero-order valence-electron chi connectivity index (χ0n) is 7.29. The average molecular weight is 192 g/mol. The summed E-state index contributed by atoms with van der Waals surface area (Å²) < 4.78 is 0. The van der Waals surface area contributed by atoms with Crippen molar-refractivity contribution in [2.75, 3.05) is 13.1 Å². The number of azide groups is 1. The van der Waals surface area contributed by atoms with Gasteiger partial charge in [0.15, 0.2) is 0 Å². The standard InChI is InChI=1S/C7H8N6O/c8-13-11-4-3-9-7(14)6-1-2-10-12-5-6/h1-2,5H,3-4H2,(H,9,14). The fourth-order valence-corrected chi connectivity index (χ4v) is 0.791. The molecule has 0 spiro atoms. The molecule has 1 N–H and O–H groups in total. The molecule has 7 heteroatoms. The number of carbonyl (C=O) groups excluding carboxylic acids is 1. The molecule has 0 unspecified atom stereocenters. The largest absolute Gasteiger partial charge is 0.352 e. The summed E-state index contributed by atoms with van der Waals surface area (Å²) >= 11 is 0. The maximum Gasteiger partial charge on any atom is 0.252 e. The van der Waals surface area contributed by atoms with E-state index < -0.39 is 0 Å². The maximum atomic E-state index is 11.3. The molecular formula is C7H8N6O. The maximum absolute atomic E-state index is 11.3. The van der Waals surface area contributed by atoms with Crippen molar-refractivity contribution in [2.45, 2.75) is 0 Å². The lowest BCUT2D eigenvalue weighted by Crippen LogP contribution is -2.25. The first-order chi connectivity index (χ1) is 6.84. The second-order valence-electron chi connectivity index (χ2n) is 2.34. The lowest BCUT2D eigenvalue weighted by atomic mass is 10.3. The molecule has 1 aromatic heterocycles. The van der Waals surface area contributed by atoms with Gasteiger partial charge in [0.2, 0.25) is 0 Å². The topological polar surface area (TPSA) is 104 Å². The summed E-state index contributed by atoms with van der Waals surface area (Å²) in [5.74, 6) is -0.256. The normalized spacial score (nSPS) is 8.86. The zero-order chi connectivity index (χ0) is 10.2. The second-order valence-corrected chi connectivity index (χ2v) is 2.34. The van der Waals surface area contributed by atoms with Crippen molar-refractivity contribution >= 4 is 5.91 Å². The van der Waals surface area contributed by atoms with Gasteiger partial charge < -0.3 is 5.32 Å². The van der Waals surface area contributed by atoms with Crippen LogP contribution in [0.2, 0.25) is 0 Å². The van der Waals surface area contributed by atoms with Gasteiger partial charge in [-0.2, -0.15) is 10.2 Å². The Morgan fingerprint density at radius 3 is 3.14 bits per heavy atom. The van der Waals surface area contributed by atoms with Gasteiger partial charge in [0.25, 0.3) is 5.91 Å². The molecule has 0 aliphatic rings. The van der Waals surface area contributed by atoms with Crippen LogP contribution in [0.4, 0.5) is 0 Å². The van der Waals surface area contributed by atoms with Crippen molar-refractivity contribution in [2.24, 2.45) is 5.11 Å². The minimum Gasteiger partial charge on any atom is -0.352 e. The van der Waals surface area contributed by atoms with Gasteiger partial charge in [0, 0.05) is 18.0 Å². The number of hydrogen-bond acceptors (Lipinski definition) is 4. The molecule has 0 bridgehead atoms. The quantitative estimate of drug-likeness (QED) is 0.325. The molecule has 1 amide bonds. The van der Waals surface area contributed by atoms with Crippen molar-refractivity contribution in [3.05, 3.63) is 34.5 Å². The van der Waals surface area contributed by atoms with E-state index in [-0.39, 0.29) is 12.5 Å². The Labute approximate surface area is 79.8 Å². The number of rotatable bonds is 4. The van der Waals surface area contributed by atoms with Gasteiger partial charge in [-0.1, -0.05) is 5.11 Å². The van der Waals surface area contributed by atoms with Crippen LogP contribution in [-0.4, -0.2) is 29.2 Å². The fourth-order valence-electron chi connectivity index (χ4n) is 0.791. The van der Waals surface area contributed by atoms with Gasteiger partial charge in [-0.15, -0.1) is 0 Å². The molecule has 72 valence electrons. The van der Waals surface area contributed by atoms with E-state index in [1.165, 1.54) is 12.4 Å². The van der Waals surface area contributed by atoms with Crippen LogP contribution in [0.5, 0.6) is 0 Å². The van der Waals surface area contributed by atoms with Crippen molar-refractivity contribution in [1.29, 1.82) is 0 Å². The number of aromatic nitrogens is 2. The SMILES string of the molecule is [N-]=[N+]=NCCNC(=O)c1ccnnc1. The first kappa shape index (κ1) is 9.94. The van der Waals surface area contributed by atoms with E-state index in [1.54, 1.807) is 6.07 Å². The van der Waals surface area contributed by atoms with Crippen LogP contribution in [0.25, 0.3) is 10.4 Å². The minimum absolute atomic E-state index is 0.237. The summed E-state index contributed by atoms with van der Waals surface area (Å²) in [6, 6.07) is 1.55. The third-order valence-electron chi connectivity index (χ3n) is 1.41. The molecule has 0 saturated carbocycles. The van der Waals surface area contributed by atoms with E-state index in [9.17, 15) is 4.79 Å². The molecule has 1 heterocycles. The van der Waals surface area contributed by atoms with Crippen molar-refractivity contribution in [3.63, 3.8) is 0 Å². The van der Waals surface area contributed by atoms with E-state index >= 15 is 0 Å². The third-order valence-corrected chi connectivity index (χ3v) is 1.41. The molecule has 1 rings (SSSR count). The Morgan fingerprint density at radius 2 is 2.50 bits per heavy atom. The number of hydrogen-bond donors (Lipinski definition) is 1. The van der Waals surface area contributed by atoms with E-state index in [2.05, 4.69) is 25.5 Å². The molecule has 0 saturated heterocycles. The van der Waals surface area contributed by atoms with Crippen molar-refractivity contribution < 1.29 is 4.79 Å². The number of nitrogens with zero attached hydrogens (tertiary/aromatic N) is 5. The van der Waals surface area contributed by atoms with Gasteiger partial charge in [-0.05, 0) is 11.6 Å². The molecule has 0 aromatic carbocycles. The number of nitrogens with one attached hydrogen (secondary N) is 1. The van der Waals surface area contributed by atoms with Gasteiger partial charge >= 0.3 is 0 Å². The molecule has 0 radical (unpaired) electrons. The van der Waals surface area contributed by atoms with Crippen LogP contribution in [0, 0.1) is 0 Å². The average Bonchev–Trinajstić information content (AvgIpc) is 2.25. The number of carbonyl (C=O) groups is 1. The lowest BCUT2D eigenvalue weighted by molar-refractivity contribution is 0.0954. The highest BCUT2D eigenvalue weighted by molar-refractivity contribution is 5.93. The Balaban J connectivity index is 2.40. The van der Waals surface area contributed by atoms with Crippen LogP contribution in [0.15, 0.2) is 23.6 Å². The molecular weight excluding hydrogens is 184 g/mol. The van der Waals surface area contributed by atoms with E-state index in [0.717, 1.165) is 0 Å². The first-order valence-corrected chi connectivity index (χ1v) is 3.90.